The molecule has 1 heterocycles. The first-order valence-electron chi connectivity index (χ1n) is 8.11. The van der Waals surface area contributed by atoms with Crippen molar-refractivity contribution >= 4 is 5.91 Å². The van der Waals surface area contributed by atoms with E-state index in [9.17, 15) is 4.79 Å². The van der Waals surface area contributed by atoms with Crippen molar-refractivity contribution in [1.82, 2.24) is 14.9 Å². The van der Waals surface area contributed by atoms with Crippen molar-refractivity contribution in [1.29, 1.82) is 0 Å². The van der Waals surface area contributed by atoms with Crippen molar-refractivity contribution in [2.75, 3.05) is 0 Å². The SMILES string of the molecule is CCc1ccc(C(=O)NC(c2ccccc2)c2nccn2C)cc1. The molecule has 122 valence electrons. The number of carbonyl (C=O) groups is 1. The predicted octanol–water partition coefficient (Wildman–Crippen LogP) is 3.50. The van der Waals surface area contributed by atoms with E-state index in [1.807, 2.05) is 72.4 Å². The molecule has 0 radical (unpaired) electrons. The number of carbonyl (C=O) groups excluding carboxylic acids is 1. The van der Waals surface area contributed by atoms with Gasteiger partial charge in [-0.05, 0) is 29.7 Å². The summed E-state index contributed by atoms with van der Waals surface area (Å²) in [5.41, 5.74) is 2.88. The fourth-order valence-corrected chi connectivity index (χ4v) is 2.70. The maximum Gasteiger partial charge on any atom is 0.252 e. The number of nitrogens with zero attached hydrogens (tertiary/aromatic N) is 2. The van der Waals surface area contributed by atoms with Crippen molar-refractivity contribution in [2.24, 2.45) is 7.05 Å². The van der Waals surface area contributed by atoms with Crippen molar-refractivity contribution in [3.05, 3.63) is 89.5 Å². The molecule has 0 saturated heterocycles. The van der Waals surface area contributed by atoms with Gasteiger partial charge in [0.15, 0.2) is 0 Å². The molecule has 4 nitrogen and oxygen atoms in total. The molecule has 0 bridgehead atoms. The summed E-state index contributed by atoms with van der Waals surface area (Å²) in [6.07, 6.45) is 4.59. The highest BCUT2D eigenvalue weighted by atomic mass is 16.1. The third-order valence-electron chi connectivity index (χ3n) is 4.15. The molecule has 1 aromatic heterocycles. The van der Waals surface area contributed by atoms with Crippen molar-refractivity contribution < 1.29 is 4.79 Å². The van der Waals surface area contributed by atoms with Gasteiger partial charge in [0.1, 0.15) is 11.9 Å². The van der Waals surface area contributed by atoms with Crippen LogP contribution in [0, 0.1) is 0 Å². The lowest BCUT2D eigenvalue weighted by atomic mass is 10.0. The third-order valence-corrected chi connectivity index (χ3v) is 4.15. The molecule has 0 saturated carbocycles. The molecule has 4 heteroatoms. The molecule has 1 N–H and O–H groups in total. The Morgan fingerprint density at radius 3 is 2.42 bits per heavy atom. The Labute approximate surface area is 142 Å². The normalized spacial score (nSPS) is 11.9. The van der Waals surface area contributed by atoms with Crippen LogP contribution in [-0.4, -0.2) is 15.5 Å². The van der Waals surface area contributed by atoms with Gasteiger partial charge in [-0.25, -0.2) is 4.98 Å². The number of amides is 1. The fraction of sp³-hybridized carbons (Fsp3) is 0.200. The Morgan fingerprint density at radius 2 is 1.83 bits per heavy atom. The highest BCUT2D eigenvalue weighted by molar-refractivity contribution is 5.94. The lowest BCUT2D eigenvalue weighted by Gasteiger charge is -2.19. The molecule has 3 rings (SSSR count). The zero-order chi connectivity index (χ0) is 16.9. The van der Waals surface area contributed by atoms with Crippen molar-refractivity contribution in [3.8, 4) is 0 Å². The van der Waals surface area contributed by atoms with Crippen LogP contribution in [0.4, 0.5) is 0 Å². The van der Waals surface area contributed by atoms with Gasteiger partial charge in [-0.15, -0.1) is 0 Å². The molecule has 24 heavy (non-hydrogen) atoms. The molecule has 0 aliphatic carbocycles. The van der Waals surface area contributed by atoms with Gasteiger partial charge in [0.2, 0.25) is 0 Å². The maximum absolute atomic E-state index is 12.7. The van der Waals surface area contributed by atoms with E-state index in [-0.39, 0.29) is 11.9 Å². The van der Waals surface area contributed by atoms with E-state index in [4.69, 9.17) is 0 Å². The summed E-state index contributed by atoms with van der Waals surface area (Å²) in [4.78, 5) is 17.1. The second kappa shape index (κ2) is 7.13. The van der Waals surface area contributed by atoms with Crippen LogP contribution < -0.4 is 5.32 Å². The maximum atomic E-state index is 12.7. The average molecular weight is 319 g/mol. The summed E-state index contributed by atoms with van der Waals surface area (Å²) in [5, 5.41) is 3.11. The molecule has 1 unspecified atom stereocenters. The van der Waals surface area contributed by atoms with Gasteiger partial charge in [-0.2, -0.15) is 0 Å². The third kappa shape index (κ3) is 3.38. The first kappa shape index (κ1) is 16.0. The number of aryl methyl sites for hydroxylation is 2. The monoisotopic (exact) mass is 319 g/mol. The number of aromatic nitrogens is 2. The predicted molar refractivity (Wildman–Crippen MR) is 94.8 cm³/mol. The Hall–Kier alpha value is -2.88. The Bertz CT molecular complexity index is 806. The van der Waals surface area contributed by atoms with Crippen LogP contribution in [0.25, 0.3) is 0 Å². The minimum absolute atomic E-state index is 0.102. The van der Waals surface area contributed by atoms with Gasteiger partial charge in [-0.1, -0.05) is 49.4 Å². The van der Waals surface area contributed by atoms with Crippen LogP contribution in [0.2, 0.25) is 0 Å². The minimum Gasteiger partial charge on any atom is -0.338 e. The van der Waals surface area contributed by atoms with Gasteiger partial charge in [0.05, 0.1) is 0 Å². The van der Waals surface area contributed by atoms with Crippen LogP contribution in [0.15, 0.2) is 67.0 Å². The van der Waals surface area contributed by atoms with E-state index in [0.717, 1.165) is 17.8 Å². The molecule has 3 aromatic rings. The topological polar surface area (TPSA) is 46.9 Å². The van der Waals surface area contributed by atoms with Gasteiger partial charge in [-0.3, -0.25) is 4.79 Å². The Morgan fingerprint density at radius 1 is 1.12 bits per heavy atom. The Kier molecular flexibility index (Phi) is 4.75. The van der Waals surface area contributed by atoms with Crippen LogP contribution in [0.3, 0.4) is 0 Å². The summed E-state index contributed by atoms with van der Waals surface area (Å²) in [6.45, 7) is 2.10. The number of rotatable bonds is 5. The van der Waals surface area contributed by atoms with Gasteiger partial charge in [0, 0.05) is 25.0 Å². The smallest absolute Gasteiger partial charge is 0.252 e. The zero-order valence-corrected chi connectivity index (χ0v) is 13.9. The second-order valence-corrected chi connectivity index (χ2v) is 5.76. The van der Waals surface area contributed by atoms with E-state index in [1.165, 1.54) is 5.56 Å². The Balaban J connectivity index is 1.89. The molecule has 0 spiro atoms. The molecule has 0 fully saturated rings. The van der Waals surface area contributed by atoms with E-state index in [1.54, 1.807) is 6.20 Å². The lowest BCUT2D eigenvalue weighted by molar-refractivity contribution is 0.0941. The molecular weight excluding hydrogens is 298 g/mol. The van der Waals surface area contributed by atoms with Crippen molar-refractivity contribution in [2.45, 2.75) is 19.4 Å². The molecule has 2 aromatic carbocycles. The number of hydrogen-bond acceptors (Lipinski definition) is 2. The summed E-state index contributed by atoms with van der Waals surface area (Å²) in [7, 11) is 1.93. The lowest BCUT2D eigenvalue weighted by Crippen LogP contribution is -2.31. The number of nitrogens with one attached hydrogen (secondary N) is 1. The first-order chi connectivity index (χ1) is 11.7. The zero-order valence-electron chi connectivity index (χ0n) is 13.9. The summed E-state index contributed by atoms with van der Waals surface area (Å²) < 4.78 is 1.93. The fourth-order valence-electron chi connectivity index (χ4n) is 2.70. The minimum atomic E-state index is -0.287. The van der Waals surface area contributed by atoms with Crippen molar-refractivity contribution in [3.63, 3.8) is 0 Å². The standard InChI is InChI=1S/C20H21N3O/c1-3-15-9-11-17(12-10-15)20(24)22-18(16-7-5-4-6-8-16)19-21-13-14-23(19)2/h4-14,18H,3H2,1-2H3,(H,22,24). The summed E-state index contributed by atoms with van der Waals surface area (Å²) in [6, 6.07) is 17.3. The molecule has 0 aliphatic heterocycles. The quantitative estimate of drug-likeness (QED) is 0.782. The van der Waals surface area contributed by atoms with Gasteiger partial charge >= 0.3 is 0 Å². The van der Waals surface area contributed by atoms with E-state index in [2.05, 4.69) is 17.2 Å². The highest BCUT2D eigenvalue weighted by Crippen LogP contribution is 2.21. The number of imidazole rings is 1. The van der Waals surface area contributed by atoms with Gasteiger partial charge in [0.25, 0.3) is 5.91 Å². The van der Waals surface area contributed by atoms with Crippen LogP contribution in [0.1, 0.15) is 40.3 Å². The largest absolute Gasteiger partial charge is 0.338 e. The summed E-state index contributed by atoms with van der Waals surface area (Å²) in [5.74, 6) is 0.703. The second-order valence-electron chi connectivity index (χ2n) is 5.76. The van der Waals surface area contributed by atoms with E-state index < -0.39 is 0 Å². The van der Waals surface area contributed by atoms with Gasteiger partial charge < -0.3 is 9.88 Å². The number of benzene rings is 2. The summed E-state index contributed by atoms with van der Waals surface area (Å²) >= 11 is 0. The molecule has 0 aliphatic rings. The van der Waals surface area contributed by atoms with Crippen LogP contribution in [-0.2, 0) is 13.5 Å². The highest BCUT2D eigenvalue weighted by Gasteiger charge is 2.21. The van der Waals surface area contributed by atoms with E-state index in [0.29, 0.717) is 5.56 Å². The van der Waals surface area contributed by atoms with Crippen LogP contribution >= 0.6 is 0 Å². The van der Waals surface area contributed by atoms with Crippen LogP contribution in [0.5, 0.6) is 0 Å². The van der Waals surface area contributed by atoms with E-state index >= 15 is 0 Å². The average Bonchev–Trinajstić information content (AvgIpc) is 3.06. The first-order valence-corrected chi connectivity index (χ1v) is 8.11. The molecule has 1 atom stereocenters. The molecular formula is C20H21N3O. The molecule has 1 amide bonds. The number of hydrogen-bond donors (Lipinski definition) is 1.